The minimum atomic E-state index is -3.80. The van der Waals surface area contributed by atoms with Crippen molar-refractivity contribution < 1.29 is 23.0 Å². The lowest BCUT2D eigenvalue weighted by Gasteiger charge is -2.20. The van der Waals surface area contributed by atoms with Crippen LogP contribution < -0.4 is 9.46 Å². The normalized spacial score (nSPS) is 12.8. The zero-order chi connectivity index (χ0) is 20.0. The van der Waals surface area contributed by atoms with Crippen LogP contribution in [0.2, 0.25) is 0 Å². The molecule has 0 spiro atoms. The van der Waals surface area contributed by atoms with Crippen LogP contribution in [0.3, 0.4) is 0 Å². The van der Waals surface area contributed by atoms with E-state index in [1.807, 2.05) is 45.0 Å². The van der Waals surface area contributed by atoms with Crippen molar-refractivity contribution in [1.29, 1.82) is 0 Å². The van der Waals surface area contributed by atoms with Gasteiger partial charge in [0.25, 0.3) is 0 Å². The molecule has 27 heavy (non-hydrogen) atoms. The lowest BCUT2D eigenvalue weighted by atomic mass is 10.1. The van der Waals surface area contributed by atoms with E-state index >= 15 is 0 Å². The van der Waals surface area contributed by atoms with Crippen molar-refractivity contribution in [3.05, 3.63) is 58.7 Å². The largest absolute Gasteiger partial charge is 0.495 e. The van der Waals surface area contributed by atoms with E-state index < -0.39 is 16.1 Å². The molecule has 7 heteroatoms. The maximum atomic E-state index is 12.8. The summed E-state index contributed by atoms with van der Waals surface area (Å²) in [6, 6.07) is 11.0. The first-order valence-corrected chi connectivity index (χ1v) is 10.2. The third kappa shape index (κ3) is 5.52. The van der Waals surface area contributed by atoms with E-state index in [0.29, 0.717) is 5.75 Å². The number of hydrogen-bond acceptors (Lipinski definition) is 5. The van der Waals surface area contributed by atoms with Crippen molar-refractivity contribution in [1.82, 2.24) is 4.72 Å². The molecule has 2 rings (SSSR count). The molecule has 2 N–H and O–H groups in total. The van der Waals surface area contributed by atoms with Crippen LogP contribution in [0.15, 0.2) is 41.3 Å². The molecule has 0 radical (unpaired) electrons. The van der Waals surface area contributed by atoms with Crippen LogP contribution in [-0.4, -0.2) is 40.4 Å². The lowest BCUT2D eigenvalue weighted by Crippen LogP contribution is -2.30. The average Bonchev–Trinajstić information content (AvgIpc) is 2.64. The quantitative estimate of drug-likeness (QED) is 0.684. The van der Waals surface area contributed by atoms with E-state index in [1.165, 1.54) is 7.11 Å². The Morgan fingerprint density at radius 2 is 1.70 bits per heavy atom. The molecule has 0 fully saturated rings. The number of nitrogens with one attached hydrogen (secondary N) is 1. The predicted molar refractivity (Wildman–Crippen MR) is 105 cm³/mol. The van der Waals surface area contributed by atoms with Crippen molar-refractivity contribution in [2.75, 3.05) is 26.9 Å². The molecule has 0 bridgehead atoms. The van der Waals surface area contributed by atoms with E-state index in [9.17, 15) is 8.42 Å². The van der Waals surface area contributed by atoms with E-state index in [2.05, 4.69) is 4.72 Å². The van der Waals surface area contributed by atoms with Crippen molar-refractivity contribution >= 4 is 10.0 Å². The Morgan fingerprint density at radius 1 is 1.07 bits per heavy atom. The van der Waals surface area contributed by atoms with Gasteiger partial charge in [-0.3, -0.25) is 0 Å². The van der Waals surface area contributed by atoms with Crippen molar-refractivity contribution in [2.45, 2.75) is 31.8 Å². The van der Waals surface area contributed by atoms with Gasteiger partial charge in [-0.15, -0.1) is 0 Å². The molecule has 0 saturated carbocycles. The van der Waals surface area contributed by atoms with Crippen LogP contribution in [-0.2, 0) is 14.8 Å². The number of aliphatic hydroxyl groups excluding tert-OH is 1. The summed E-state index contributed by atoms with van der Waals surface area (Å²) in [5, 5.41) is 9.06. The molecular formula is C20H27NO5S. The van der Waals surface area contributed by atoms with Crippen molar-refractivity contribution in [2.24, 2.45) is 0 Å². The highest BCUT2D eigenvalue weighted by Gasteiger charge is 2.23. The first-order chi connectivity index (χ1) is 12.8. The zero-order valence-electron chi connectivity index (χ0n) is 16.2. The molecule has 1 atom stereocenters. The standard InChI is InChI=1S/C20H27NO5S/c1-14-5-7-17(8-6-14)19(26-10-9-22)13-21-27(23,24)20-12-16(3)15(2)11-18(20)25-4/h5-8,11-12,19,21-22H,9-10,13H2,1-4H3/t19-/m1/s1. The number of hydrogen-bond donors (Lipinski definition) is 2. The maximum Gasteiger partial charge on any atom is 0.244 e. The molecule has 0 aliphatic heterocycles. The van der Waals surface area contributed by atoms with Gasteiger partial charge in [-0.05, 0) is 49.6 Å². The van der Waals surface area contributed by atoms with Gasteiger partial charge >= 0.3 is 0 Å². The molecule has 6 nitrogen and oxygen atoms in total. The second kappa shape index (κ2) is 9.32. The summed E-state index contributed by atoms with van der Waals surface area (Å²) >= 11 is 0. The number of rotatable bonds is 9. The summed E-state index contributed by atoms with van der Waals surface area (Å²) < 4.78 is 39.2. The highest BCUT2D eigenvalue weighted by molar-refractivity contribution is 7.89. The average molecular weight is 394 g/mol. The van der Waals surface area contributed by atoms with Crippen LogP contribution in [0.25, 0.3) is 0 Å². The van der Waals surface area contributed by atoms with Gasteiger partial charge in [-0.2, -0.15) is 0 Å². The SMILES string of the molecule is COc1cc(C)c(C)cc1S(=O)(=O)NC[C@@H](OCCO)c1ccc(C)cc1. The summed E-state index contributed by atoms with van der Waals surface area (Å²) in [5.41, 5.74) is 3.75. The van der Waals surface area contributed by atoms with Crippen molar-refractivity contribution in [3.63, 3.8) is 0 Å². The summed E-state index contributed by atoms with van der Waals surface area (Å²) in [6.07, 6.45) is -0.509. The molecule has 0 amide bonds. The number of aryl methyl sites for hydroxylation is 3. The number of ether oxygens (including phenoxy) is 2. The molecule has 148 valence electrons. The third-order valence-corrected chi connectivity index (χ3v) is 5.83. The van der Waals surface area contributed by atoms with E-state index in [4.69, 9.17) is 14.6 Å². The minimum Gasteiger partial charge on any atom is -0.495 e. The Morgan fingerprint density at radius 3 is 2.30 bits per heavy atom. The first kappa shape index (κ1) is 21.4. The Hall–Kier alpha value is -1.93. The zero-order valence-corrected chi connectivity index (χ0v) is 17.0. The molecule has 0 heterocycles. The lowest BCUT2D eigenvalue weighted by molar-refractivity contribution is 0.0309. The van der Waals surface area contributed by atoms with E-state index in [1.54, 1.807) is 12.1 Å². The summed E-state index contributed by atoms with van der Waals surface area (Å²) in [5.74, 6) is 0.300. The van der Waals surface area contributed by atoms with Gasteiger partial charge in [0.05, 0.1) is 26.4 Å². The fraction of sp³-hybridized carbons (Fsp3) is 0.400. The van der Waals surface area contributed by atoms with Crippen LogP contribution in [0, 0.1) is 20.8 Å². The molecule has 0 unspecified atom stereocenters. The van der Waals surface area contributed by atoms with Crippen LogP contribution >= 0.6 is 0 Å². The number of methoxy groups -OCH3 is 1. The van der Waals surface area contributed by atoms with Gasteiger partial charge in [0.15, 0.2) is 0 Å². The summed E-state index contributed by atoms with van der Waals surface area (Å²) in [4.78, 5) is 0.0953. The summed E-state index contributed by atoms with van der Waals surface area (Å²) in [6.45, 7) is 5.75. The van der Waals surface area contributed by atoms with Gasteiger partial charge in [0.1, 0.15) is 10.6 Å². The Kier molecular flexibility index (Phi) is 7.38. The highest BCUT2D eigenvalue weighted by atomic mass is 32.2. The number of sulfonamides is 1. The number of benzene rings is 2. The third-order valence-electron chi connectivity index (χ3n) is 4.39. The molecule has 2 aromatic rings. The topological polar surface area (TPSA) is 84.9 Å². The smallest absolute Gasteiger partial charge is 0.244 e. The van der Waals surface area contributed by atoms with Crippen LogP contribution in [0.5, 0.6) is 5.75 Å². The molecule has 2 aromatic carbocycles. The van der Waals surface area contributed by atoms with Crippen molar-refractivity contribution in [3.8, 4) is 5.75 Å². The second-order valence-electron chi connectivity index (χ2n) is 6.43. The fourth-order valence-corrected chi connectivity index (χ4v) is 3.91. The second-order valence-corrected chi connectivity index (χ2v) is 8.17. The van der Waals surface area contributed by atoms with Gasteiger partial charge in [0.2, 0.25) is 10.0 Å². The number of aliphatic hydroxyl groups is 1. The first-order valence-electron chi connectivity index (χ1n) is 8.72. The van der Waals surface area contributed by atoms with Gasteiger partial charge in [-0.25, -0.2) is 13.1 Å². The Bertz CT molecular complexity index is 863. The van der Waals surface area contributed by atoms with Gasteiger partial charge in [-0.1, -0.05) is 29.8 Å². The Labute approximate surface area is 161 Å². The molecule has 0 aromatic heterocycles. The predicted octanol–water partition coefficient (Wildman–Crippen LogP) is 2.65. The maximum absolute atomic E-state index is 12.8. The van der Waals surface area contributed by atoms with E-state index in [-0.39, 0.29) is 24.7 Å². The van der Waals surface area contributed by atoms with Crippen LogP contribution in [0.1, 0.15) is 28.4 Å². The van der Waals surface area contributed by atoms with Crippen LogP contribution in [0.4, 0.5) is 0 Å². The minimum absolute atomic E-state index is 0.0431. The van der Waals surface area contributed by atoms with Gasteiger partial charge in [0, 0.05) is 6.54 Å². The molecule has 0 aliphatic rings. The molecular weight excluding hydrogens is 366 g/mol. The van der Waals surface area contributed by atoms with Gasteiger partial charge < -0.3 is 14.6 Å². The fourth-order valence-electron chi connectivity index (χ4n) is 2.64. The molecule has 0 aliphatic carbocycles. The Balaban J connectivity index is 2.24. The van der Waals surface area contributed by atoms with E-state index in [0.717, 1.165) is 22.3 Å². The monoisotopic (exact) mass is 393 g/mol. The summed E-state index contributed by atoms with van der Waals surface area (Å²) in [7, 11) is -2.35. The molecule has 0 saturated heterocycles. The highest BCUT2D eigenvalue weighted by Crippen LogP contribution is 2.27.